The third-order valence-electron chi connectivity index (χ3n) is 4.60. The lowest BCUT2D eigenvalue weighted by atomic mass is 9.98. The predicted octanol–water partition coefficient (Wildman–Crippen LogP) is 3.80. The third kappa shape index (κ3) is 4.34. The molecule has 1 aliphatic rings. The lowest BCUT2D eigenvalue weighted by Crippen LogP contribution is -2.47. The standard InChI is InChI=1S/C18H21N5OS2/c1-11-5-4-6-14(12(11)2)20-16-22-23-17(26-16)25-9-15(24)21-18(3,10-19)13-7-8-13/h4-6,13H,7-9H2,1-3H3,(H,20,22)(H,21,24)/t18-/m0/s1. The number of aryl methyl sites for hydroxylation is 1. The van der Waals surface area contributed by atoms with Crippen molar-refractivity contribution < 1.29 is 4.79 Å². The molecule has 6 nitrogen and oxygen atoms in total. The minimum atomic E-state index is -0.756. The van der Waals surface area contributed by atoms with E-state index in [0.29, 0.717) is 5.13 Å². The maximum absolute atomic E-state index is 12.2. The van der Waals surface area contributed by atoms with Gasteiger partial charge in [-0.15, -0.1) is 10.2 Å². The number of nitriles is 1. The molecule has 0 unspecified atom stereocenters. The number of carbonyl (C=O) groups excluding carboxylic acids is 1. The second kappa shape index (κ2) is 7.64. The first-order valence-electron chi connectivity index (χ1n) is 8.43. The summed E-state index contributed by atoms with van der Waals surface area (Å²) < 4.78 is 0.720. The smallest absolute Gasteiger partial charge is 0.231 e. The van der Waals surface area contributed by atoms with E-state index >= 15 is 0 Å². The fourth-order valence-corrected chi connectivity index (χ4v) is 4.22. The Bertz CT molecular complexity index is 856. The SMILES string of the molecule is Cc1cccc(Nc2nnc(SCC(=O)N[C@@](C)(C#N)C3CC3)s2)c1C. The quantitative estimate of drug-likeness (QED) is 0.702. The van der Waals surface area contributed by atoms with Crippen LogP contribution in [0, 0.1) is 31.1 Å². The van der Waals surface area contributed by atoms with E-state index < -0.39 is 5.54 Å². The molecular formula is C18H21N5OS2. The molecule has 1 aromatic heterocycles. The summed E-state index contributed by atoms with van der Waals surface area (Å²) in [6.45, 7) is 5.92. The Morgan fingerprint density at radius 3 is 2.88 bits per heavy atom. The van der Waals surface area contributed by atoms with Gasteiger partial charge in [0.15, 0.2) is 4.34 Å². The van der Waals surface area contributed by atoms with Crippen molar-refractivity contribution in [2.24, 2.45) is 5.92 Å². The molecule has 1 aromatic carbocycles. The van der Waals surface area contributed by atoms with Crippen LogP contribution in [-0.4, -0.2) is 27.4 Å². The van der Waals surface area contributed by atoms with E-state index in [1.165, 1.54) is 34.2 Å². The Hall–Kier alpha value is -2.11. The van der Waals surface area contributed by atoms with Crippen LogP contribution >= 0.6 is 23.1 Å². The number of carbonyl (C=O) groups is 1. The van der Waals surface area contributed by atoms with Crippen molar-refractivity contribution in [1.82, 2.24) is 15.5 Å². The van der Waals surface area contributed by atoms with Crippen molar-refractivity contribution in [3.63, 3.8) is 0 Å². The van der Waals surface area contributed by atoms with Gasteiger partial charge in [0.2, 0.25) is 11.0 Å². The van der Waals surface area contributed by atoms with Gasteiger partial charge in [-0.25, -0.2) is 0 Å². The number of rotatable bonds is 7. The fourth-order valence-electron chi connectivity index (χ4n) is 2.66. The minimum absolute atomic E-state index is 0.148. The number of hydrogen-bond acceptors (Lipinski definition) is 7. The molecule has 1 fully saturated rings. The van der Waals surface area contributed by atoms with Gasteiger partial charge >= 0.3 is 0 Å². The molecule has 8 heteroatoms. The van der Waals surface area contributed by atoms with E-state index in [9.17, 15) is 10.1 Å². The molecule has 2 aromatic rings. The highest BCUT2D eigenvalue weighted by Gasteiger charge is 2.42. The zero-order valence-corrected chi connectivity index (χ0v) is 16.6. The molecule has 1 amide bonds. The van der Waals surface area contributed by atoms with Gasteiger partial charge in [-0.05, 0) is 56.7 Å². The topological polar surface area (TPSA) is 90.7 Å². The maximum atomic E-state index is 12.2. The molecule has 0 spiro atoms. The summed E-state index contributed by atoms with van der Waals surface area (Å²) in [4.78, 5) is 12.2. The van der Waals surface area contributed by atoms with E-state index in [0.717, 1.165) is 22.9 Å². The number of amides is 1. The summed E-state index contributed by atoms with van der Waals surface area (Å²) in [5.74, 6) is 0.351. The Morgan fingerprint density at radius 1 is 1.42 bits per heavy atom. The van der Waals surface area contributed by atoms with Crippen LogP contribution in [0.1, 0.15) is 30.9 Å². The molecule has 0 aliphatic heterocycles. The van der Waals surface area contributed by atoms with Crippen molar-refractivity contribution in [2.75, 3.05) is 11.1 Å². The molecule has 0 saturated heterocycles. The number of benzene rings is 1. The molecule has 1 atom stereocenters. The number of nitrogens with one attached hydrogen (secondary N) is 2. The largest absolute Gasteiger partial charge is 0.337 e. The summed E-state index contributed by atoms with van der Waals surface area (Å²) in [5.41, 5.74) is 2.63. The van der Waals surface area contributed by atoms with Gasteiger partial charge in [-0.2, -0.15) is 5.26 Å². The zero-order valence-electron chi connectivity index (χ0n) is 15.0. The fraction of sp³-hybridized carbons (Fsp3) is 0.444. The molecule has 26 heavy (non-hydrogen) atoms. The van der Waals surface area contributed by atoms with Crippen molar-refractivity contribution in [2.45, 2.75) is 43.5 Å². The number of anilines is 2. The van der Waals surface area contributed by atoms with Crippen molar-refractivity contribution in [3.05, 3.63) is 29.3 Å². The van der Waals surface area contributed by atoms with Crippen LogP contribution in [0.5, 0.6) is 0 Å². The van der Waals surface area contributed by atoms with Gasteiger partial charge in [-0.3, -0.25) is 4.79 Å². The number of hydrogen-bond donors (Lipinski definition) is 2. The first kappa shape index (κ1) is 18.7. The Kier molecular flexibility index (Phi) is 5.49. The summed E-state index contributed by atoms with van der Waals surface area (Å²) in [6, 6.07) is 8.30. The van der Waals surface area contributed by atoms with Crippen LogP contribution in [0.2, 0.25) is 0 Å². The normalized spacial score (nSPS) is 15.8. The van der Waals surface area contributed by atoms with Crippen LogP contribution in [0.15, 0.2) is 22.5 Å². The van der Waals surface area contributed by atoms with E-state index in [2.05, 4.69) is 46.8 Å². The monoisotopic (exact) mass is 387 g/mol. The Labute approximate surface area is 161 Å². The molecule has 2 N–H and O–H groups in total. The average molecular weight is 388 g/mol. The van der Waals surface area contributed by atoms with E-state index in [1.54, 1.807) is 6.92 Å². The van der Waals surface area contributed by atoms with Gasteiger partial charge in [0, 0.05) is 5.69 Å². The molecule has 0 radical (unpaired) electrons. The summed E-state index contributed by atoms with van der Waals surface area (Å²) in [7, 11) is 0. The number of thioether (sulfide) groups is 1. The highest BCUT2D eigenvalue weighted by atomic mass is 32.2. The van der Waals surface area contributed by atoms with Gasteiger partial charge < -0.3 is 10.6 Å². The first-order chi connectivity index (χ1) is 12.4. The van der Waals surface area contributed by atoms with Crippen LogP contribution in [0.4, 0.5) is 10.8 Å². The number of aromatic nitrogens is 2. The van der Waals surface area contributed by atoms with Crippen LogP contribution in [0.25, 0.3) is 0 Å². The molecule has 1 saturated carbocycles. The molecular weight excluding hydrogens is 366 g/mol. The summed E-state index contributed by atoms with van der Waals surface area (Å²) in [6.07, 6.45) is 2.00. The third-order valence-corrected chi connectivity index (χ3v) is 6.58. The molecule has 3 rings (SSSR count). The molecule has 1 heterocycles. The van der Waals surface area contributed by atoms with Gasteiger partial charge in [-0.1, -0.05) is 35.2 Å². The lowest BCUT2D eigenvalue weighted by molar-refractivity contribution is -0.119. The van der Waals surface area contributed by atoms with E-state index in [-0.39, 0.29) is 17.6 Å². The van der Waals surface area contributed by atoms with Gasteiger partial charge in [0.05, 0.1) is 11.8 Å². The van der Waals surface area contributed by atoms with E-state index in [1.807, 2.05) is 12.1 Å². The highest BCUT2D eigenvalue weighted by Crippen LogP contribution is 2.39. The predicted molar refractivity (Wildman–Crippen MR) is 105 cm³/mol. The maximum Gasteiger partial charge on any atom is 0.231 e. The van der Waals surface area contributed by atoms with Crippen molar-refractivity contribution in [3.8, 4) is 6.07 Å². The van der Waals surface area contributed by atoms with Gasteiger partial charge in [0.1, 0.15) is 5.54 Å². The Balaban J connectivity index is 1.54. The van der Waals surface area contributed by atoms with Crippen LogP contribution in [0.3, 0.4) is 0 Å². The average Bonchev–Trinajstić information content (AvgIpc) is 3.39. The highest BCUT2D eigenvalue weighted by molar-refractivity contribution is 8.01. The van der Waals surface area contributed by atoms with Crippen molar-refractivity contribution in [1.29, 1.82) is 5.26 Å². The van der Waals surface area contributed by atoms with Gasteiger partial charge in [0.25, 0.3) is 0 Å². The minimum Gasteiger partial charge on any atom is -0.337 e. The summed E-state index contributed by atoms with van der Waals surface area (Å²) >= 11 is 2.75. The van der Waals surface area contributed by atoms with E-state index in [4.69, 9.17) is 0 Å². The molecule has 136 valence electrons. The second-order valence-corrected chi connectivity index (χ2v) is 8.87. The molecule has 0 bridgehead atoms. The second-order valence-electron chi connectivity index (χ2n) is 6.67. The number of nitrogens with zero attached hydrogens (tertiary/aromatic N) is 3. The summed E-state index contributed by atoms with van der Waals surface area (Å²) in [5, 5.41) is 24.4. The molecule has 1 aliphatic carbocycles. The zero-order chi connectivity index (χ0) is 18.7. The van der Waals surface area contributed by atoms with Crippen LogP contribution < -0.4 is 10.6 Å². The van der Waals surface area contributed by atoms with Crippen molar-refractivity contribution >= 4 is 39.8 Å². The first-order valence-corrected chi connectivity index (χ1v) is 10.2. The van der Waals surface area contributed by atoms with Crippen LogP contribution in [-0.2, 0) is 4.79 Å². The Morgan fingerprint density at radius 2 is 2.19 bits per heavy atom. The lowest BCUT2D eigenvalue weighted by Gasteiger charge is -2.22.